The van der Waals surface area contributed by atoms with Crippen LogP contribution in [0.2, 0.25) is 0 Å². The molecule has 2 N–H and O–H groups in total. The van der Waals surface area contributed by atoms with Gasteiger partial charge >= 0.3 is 0 Å². The molecule has 0 bridgehead atoms. The standard InChI is InChI=1S/C15H24N4O/c1-2-19-7-8-20-14(10-19)15-17-9-11-12(16)5-3-4-6-13(11)18-15/h9,12,14H,2-8,10,16H2,1H3. The van der Waals surface area contributed by atoms with Gasteiger partial charge in [0.25, 0.3) is 0 Å². The highest BCUT2D eigenvalue weighted by Gasteiger charge is 2.25. The SMILES string of the molecule is CCN1CCOC(c2ncc3c(n2)CCCCC3N)C1. The van der Waals surface area contributed by atoms with Crippen LogP contribution in [0.3, 0.4) is 0 Å². The normalized spacial score (nSPS) is 27.9. The van der Waals surface area contributed by atoms with E-state index in [9.17, 15) is 0 Å². The Hall–Kier alpha value is -1.04. The summed E-state index contributed by atoms with van der Waals surface area (Å²) in [6.45, 7) is 5.89. The maximum Gasteiger partial charge on any atom is 0.158 e. The average Bonchev–Trinajstić information content (AvgIpc) is 2.69. The molecule has 2 atom stereocenters. The molecule has 5 nitrogen and oxygen atoms in total. The maximum atomic E-state index is 6.20. The second kappa shape index (κ2) is 6.16. The van der Waals surface area contributed by atoms with Gasteiger partial charge in [-0.15, -0.1) is 0 Å². The number of likely N-dealkylation sites (N-methyl/N-ethyl adjacent to an activating group) is 1. The minimum Gasteiger partial charge on any atom is -0.368 e. The average molecular weight is 276 g/mol. The molecule has 1 aliphatic heterocycles. The summed E-state index contributed by atoms with van der Waals surface area (Å²) in [4.78, 5) is 11.7. The van der Waals surface area contributed by atoms with E-state index >= 15 is 0 Å². The van der Waals surface area contributed by atoms with Crippen LogP contribution in [0.25, 0.3) is 0 Å². The Balaban J connectivity index is 1.82. The monoisotopic (exact) mass is 276 g/mol. The molecule has 1 fully saturated rings. The van der Waals surface area contributed by atoms with E-state index in [1.54, 1.807) is 0 Å². The largest absolute Gasteiger partial charge is 0.368 e. The summed E-state index contributed by atoms with van der Waals surface area (Å²) >= 11 is 0. The van der Waals surface area contributed by atoms with Crippen LogP contribution in [0.4, 0.5) is 0 Å². The molecule has 0 saturated carbocycles. The topological polar surface area (TPSA) is 64.3 Å². The van der Waals surface area contributed by atoms with Crippen LogP contribution in [-0.4, -0.2) is 41.1 Å². The molecule has 5 heteroatoms. The van der Waals surface area contributed by atoms with Crippen molar-refractivity contribution in [2.24, 2.45) is 5.73 Å². The number of morpholine rings is 1. The van der Waals surface area contributed by atoms with E-state index in [2.05, 4.69) is 16.8 Å². The highest BCUT2D eigenvalue weighted by atomic mass is 16.5. The molecule has 2 aliphatic rings. The Morgan fingerprint density at radius 2 is 2.35 bits per heavy atom. The lowest BCUT2D eigenvalue weighted by Gasteiger charge is -2.31. The quantitative estimate of drug-likeness (QED) is 0.831. The van der Waals surface area contributed by atoms with Crippen molar-refractivity contribution in [3.8, 4) is 0 Å². The minimum absolute atomic E-state index is 0.00785. The van der Waals surface area contributed by atoms with E-state index in [1.807, 2.05) is 6.20 Å². The molecule has 1 aromatic heterocycles. The van der Waals surface area contributed by atoms with Crippen molar-refractivity contribution in [2.45, 2.75) is 44.8 Å². The fourth-order valence-corrected chi connectivity index (χ4v) is 3.07. The van der Waals surface area contributed by atoms with Crippen LogP contribution in [0.5, 0.6) is 0 Å². The summed E-state index contributed by atoms with van der Waals surface area (Å²) in [5.74, 6) is 0.830. The van der Waals surface area contributed by atoms with Crippen LogP contribution in [0, 0.1) is 0 Å². The van der Waals surface area contributed by atoms with Gasteiger partial charge in [-0.3, -0.25) is 4.90 Å². The van der Waals surface area contributed by atoms with E-state index in [4.69, 9.17) is 15.5 Å². The lowest BCUT2D eigenvalue weighted by atomic mass is 10.1. The first-order valence-corrected chi connectivity index (χ1v) is 7.73. The van der Waals surface area contributed by atoms with Crippen molar-refractivity contribution >= 4 is 0 Å². The first-order valence-electron chi connectivity index (χ1n) is 7.73. The van der Waals surface area contributed by atoms with Crippen molar-refractivity contribution in [1.29, 1.82) is 0 Å². The number of ether oxygens (including phenoxy) is 1. The smallest absolute Gasteiger partial charge is 0.158 e. The third kappa shape index (κ3) is 2.85. The van der Waals surface area contributed by atoms with Gasteiger partial charge in [0, 0.05) is 36.6 Å². The number of hydrogen-bond donors (Lipinski definition) is 1. The summed E-state index contributed by atoms with van der Waals surface area (Å²) in [5, 5.41) is 0. The molecule has 2 heterocycles. The number of hydrogen-bond acceptors (Lipinski definition) is 5. The van der Waals surface area contributed by atoms with E-state index in [0.717, 1.165) is 56.2 Å². The fraction of sp³-hybridized carbons (Fsp3) is 0.733. The molecule has 1 saturated heterocycles. The molecule has 3 rings (SSSR count). The summed E-state index contributed by atoms with van der Waals surface area (Å²) in [6.07, 6.45) is 6.35. The van der Waals surface area contributed by atoms with E-state index in [1.165, 1.54) is 12.8 Å². The Bertz CT molecular complexity index is 465. The third-order valence-electron chi connectivity index (χ3n) is 4.38. The third-order valence-corrected chi connectivity index (χ3v) is 4.38. The van der Waals surface area contributed by atoms with Gasteiger partial charge in [-0.05, 0) is 25.8 Å². The predicted molar refractivity (Wildman–Crippen MR) is 77.3 cm³/mol. The molecule has 0 aromatic carbocycles. The summed E-state index contributed by atoms with van der Waals surface area (Å²) in [6, 6.07) is 0.0981. The van der Waals surface area contributed by atoms with Gasteiger partial charge in [0.05, 0.1) is 6.61 Å². The van der Waals surface area contributed by atoms with Gasteiger partial charge < -0.3 is 10.5 Å². The number of fused-ring (bicyclic) bond motifs is 1. The lowest BCUT2D eigenvalue weighted by molar-refractivity contribution is -0.0327. The van der Waals surface area contributed by atoms with Crippen LogP contribution in [0.1, 0.15) is 55.4 Å². The highest BCUT2D eigenvalue weighted by molar-refractivity contribution is 5.23. The predicted octanol–water partition coefficient (Wildman–Crippen LogP) is 1.60. The molecular formula is C15H24N4O. The zero-order valence-corrected chi connectivity index (χ0v) is 12.2. The number of nitrogens with zero attached hydrogens (tertiary/aromatic N) is 3. The van der Waals surface area contributed by atoms with Crippen molar-refractivity contribution in [3.05, 3.63) is 23.3 Å². The zero-order valence-electron chi connectivity index (χ0n) is 12.2. The van der Waals surface area contributed by atoms with Crippen molar-refractivity contribution < 1.29 is 4.74 Å². The van der Waals surface area contributed by atoms with Gasteiger partial charge in [0.1, 0.15) is 6.10 Å². The van der Waals surface area contributed by atoms with Crippen molar-refractivity contribution in [1.82, 2.24) is 14.9 Å². The first-order chi connectivity index (χ1) is 9.78. The van der Waals surface area contributed by atoms with Gasteiger partial charge in [0.2, 0.25) is 0 Å². The summed E-state index contributed by atoms with van der Waals surface area (Å²) in [5.41, 5.74) is 8.47. The summed E-state index contributed by atoms with van der Waals surface area (Å²) in [7, 11) is 0. The fourth-order valence-electron chi connectivity index (χ4n) is 3.07. The second-order valence-corrected chi connectivity index (χ2v) is 5.74. The number of nitrogens with two attached hydrogens (primary N) is 1. The lowest BCUT2D eigenvalue weighted by Crippen LogP contribution is -2.38. The van der Waals surface area contributed by atoms with Gasteiger partial charge in [-0.25, -0.2) is 9.97 Å². The molecule has 110 valence electrons. The Morgan fingerprint density at radius 3 is 3.20 bits per heavy atom. The number of aryl methyl sites for hydroxylation is 1. The Labute approximate surface area is 120 Å². The van der Waals surface area contributed by atoms with Crippen LogP contribution in [0.15, 0.2) is 6.20 Å². The Morgan fingerprint density at radius 1 is 1.45 bits per heavy atom. The molecule has 1 aromatic rings. The molecule has 0 spiro atoms. The zero-order chi connectivity index (χ0) is 13.9. The molecular weight excluding hydrogens is 252 g/mol. The van der Waals surface area contributed by atoms with Crippen molar-refractivity contribution in [2.75, 3.05) is 26.2 Å². The highest BCUT2D eigenvalue weighted by Crippen LogP contribution is 2.27. The molecule has 0 radical (unpaired) electrons. The molecule has 2 unspecified atom stereocenters. The number of aromatic nitrogens is 2. The molecule has 1 aliphatic carbocycles. The van der Waals surface area contributed by atoms with Crippen molar-refractivity contribution in [3.63, 3.8) is 0 Å². The minimum atomic E-state index is 0.00785. The van der Waals surface area contributed by atoms with Gasteiger partial charge in [0.15, 0.2) is 5.82 Å². The summed E-state index contributed by atoms with van der Waals surface area (Å²) < 4.78 is 5.85. The Kier molecular flexibility index (Phi) is 4.29. The van der Waals surface area contributed by atoms with E-state index in [-0.39, 0.29) is 12.1 Å². The second-order valence-electron chi connectivity index (χ2n) is 5.74. The molecule has 0 amide bonds. The van der Waals surface area contributed by atoms with Crippen LogP contribution >= 0.6 is 0 Å². The molecule has 20 heavy (non-hydrogen) atoms. The van der Waals surface area contributed by atoms with Gasteiger partial charge in [-0.2, -0.15) is 0 Å². The van der Waals surface area contributed by atoms with Crippen LogP contribution < -0.4 is 5.73 Å². The van der Waals surface area contributed by atoms with E-state index < -0.39 is 0 Å². The first kappa shape index (κ1) is 13.9. The number of rotatable bonds is 2. The van der Waals surface area contributed by atoms with Gasteiger partial charge in [-0.1, -0.05) is 13.3 Å². The van der Waals surface area contributed by atoms with E-state index in [0.29, 0.717) is 0 Å². The maximum absolute atomic E-state index is 6.20. The van der Waals surface area contributed by atoms with Crippen LogP contribution in [-0.2, 0) is 11.2 Å².